The molecule has 62 valence electrons. The van der Waals surface area contributed by atoms with E-state index in [4.69, 9.17) is 5.40 Å². The van der Waals surface area contributed by atoms with Gasteiger partial charge in [-0.2, -0.15) is 0 Å². The average molecular weight is 159 g/mol. The Labute approximate surface area is 66.7 Å². The summed E-state index contributed by atoms with van der Waals surface area (Å²) in [4.78, 5) is 0. The van der Waals surface area contributed by atoms with Crippen LogP contribution < -0.4 is 5.40 Å². The molecule has 0 saturated carbocycles. The van der Waals surface area contributed by atoms with Crippen molar-refractivity contribution in [3.63, 3.8) is 0 Å². The van der Waals surface area contributed by atoms with Gasteiger partial charge in [0.2, 0.25) is 0 Å². The summed E-state index contributed by atoms with van der Waals surface area (Å²) in [6.07, 6.45) is 5.51. The SMILES string of the molecule is CCCCCC[SiH](N)CC. The van der Waals surface area contributed by atoms with E-state index in [1.54, 1.807) is 0 Å². The maximum atomic E-state index is 5.89. The minimum atomic E-state index is -0.724. The number of unbranched alkanes of at least 4 members (excludes halogenated alkanes) is 3. The smallest absolute Gasteiger partial charge is 0.105 e. The minimum absolute atomic E-state index is 0.724. The van der Waals surface area contributed by atoms with E-state index in [9.17, 15) is 0 Å². The highest BCUT2D eigenvalue weighted by atomic mass is 28.3. The van der Waals surface area contributed by atoms with Crippen LogP contribution in [-0.2, 0) is 0 Å². The lowest BCUT2D eigenvalue weighted by Crippen LogP contribution is -2.23. The van der Waals surface area contributed by atoms with Gasteiger partial charge in [0.1, 0.15) is 8.96 Å². The summed E-state index contributed by atoms with van der Waals surface area (Å²) in [5.74, 6) is 0. The van der Waals surface area contributed by atoms with Crippen molar-refractivity contribution in [2.45, 2.75) is 51.6 Å². The first-order valence-corrected chi connectivity index (χ1v) is 6.86. The lowest BCUT2D eigenvalue weighted by Gasteiger charge is -2.04. The molecule has 0 radical (unpaired) electrons. The van der Waals surface area contributed by atoms with E-state index < -0.39 is 8.96 Å². The molecule has 0 amide bonds. The minimum Gasteiger partial charge on any atom is -0.353 e. The monoisotopic (exact) mass is 159 g/mol. The van der Waals surface area contributed by atoms with E-state index in [1.807, 2.05) is 0 Å². The van der Waals surface area contributed by atoms with Crippen LogP contribution in [0.2, 0.25) is 12.1 Å². The summed E-state index contributed by atoms with van der Waals surface area (Å²) in [7, 11) is -0.724. The molecule has 0 aliphatic carbocycles. The van der Waals surface area contributed by atoms with Crippen molar-refractivity contribution in [2.24, 2.45) is 5.40 Å². The Kier molecular flexibility index (Phi) is 7.41. The van der Waals surface area contributed by atoms with Crippen molar-refractivity contribution in [2.75, 3.05) is 0 Å². The molecule has 0 aromatic heterocycles. The van der Waals surface area contributed by atoms with Gasteiger partial charge in [-0.3, -0.25) is 0 Å². The van der Waals surface area contributed by atoms with Gasteiger partial charge in [0, 0.05) is 0 Å². The van der Waals surface area contributed by atoms with Crippen LogP contribution >= 0.6 is 0 Å². The summed E-state index contributed by atoms with van der Waals surface area (Å²) >= 11 is 0. The molecule has 0 heterocycles. The van der Waals surface area contributed by atoms with Gasteiger partial charge in [0.05, 0.1) is 0 Å². The molecule has 1 atom stereocenters. The molecule has 0 aliphatic rings. The second-order valence-electron chi connectivity index (χ2n) is 3.02. The van der Waals surface area contributed by atoms with Crippen LogP contribution in [0.25, 0.3) is 0 Å². The Morgan fingerprint density at radius 2 is 1.80 bits per heavy atom. The van der Waals surface area contributed by atoms with Crippen LogP contribution in [0.5, 0.6) is 0 Å². The van der Waals surface area contributed by atoms with Crippen LogP contribution in [-0.4, -0.2) is 8.96 Å². The first kappa shape index (κ1) is 10.2. The number of nitrogens with two attached hydrogens (primary N) is 1. The molecule has 0 bridgehead atoms. The van der Waals surface area contributed by atoms with Crippen LogP contribution in [0, 0.1) is 0 Å². The molecule has 0 fully saturated rings. The zero-order chi connectivity index (χ0) is 7.82. The Morgan fingerprint density at radius 3 is 2.30 bits per heavy atom. The second kappa shape index (κ2) is 7.29. The fourth-order valence-corrected chi connectivity index (χ4v) is 2.26. The molecule has 10 heavy (non-hydrogen) atoms. The van der Waals surface area contributed by atoms with Gasteiger partial charge in [0.15, 0.2) is 0 Å². The predicted octanol–water partition coefficient (Wildman–Crippen LogP) is 2.27. The highest BCUT2D eigenvalue weighted by Gasteiger charge is 1.99. The molecular formula is C8H21NSi. The molecule has 0 spiro atoms. The van der Waals surface area contributed by atoms with Crippen LogP contribution in [0.1, 0.15) is 39.5 Å². The molecule has 0 aromatic carbocycles. The third-order valence-electron chi connectivity index (χ3n) is 1.95. The Bertz CT molecular complexity index is 66.3. The van der Waals surface area contributed by atoms with Crippen molar-refractivity contribution in [1.82, 2.24) is 0 Å². The summed E-state index contributed by atoms with van der Waals surface area (Å²) in [6.45, 7) is 4.47. The lowest BCUT2D eigenvalue weighted by atomic mass is 10.2. The average Bonchev–Trinajstić information content (AvgIpc) is 1.98. The number of rotatable bonds is 6. The second-order valence-corrected chi connectivity index (χ2v) is 5.93. The molecule has 1 unspecified atom stereocenters. The summed E-state index contributed by atoms with van der Waals surface area (Å²) in [5, 5.41) is 5.89. The maximum absolute atomic E-state index is 5.89. The lowest BCUT2D eigenvalue weighted by molar-refractivity contribution is 0.697. The van der Waals surface area contributed by atoms with E-state index in [2.05, 4.69) is 13.8 Å². The largest absolute Gasteiger partial charge is 0.353 e. The van der Waals surface area contributed by atoms with Gasteiger partial charge in [-0.1, -0.05) is 45.6 Å². The molecule has 0 aromatic rings. The third kappa shape index (κ3) is 6.30. The van der Waals surface area contributed by atoms with E-state index in [0.717, 1.165) is 0 Å². The van der Waals surface area contributed by atoms with E-state index in [1.165, 1.54) is 37.8 Å². The molecule has 0 rings (SSSR count). The number of hydrogen-bond donors (Lipinski definition) is 1. The van der Waals surface area contributed by atoms with E-state index in [0.29, 0.717) is 0 Å². The van der Waals surface area contributed by atoms with Gasteiger partial charge in [-0.25, -0.2) is 0 Å². The molecule has 0 saturated heterocycles. The third-order valence-corrected chi connectivity index (χ3v) is 4.15. The van der Waals surface area contributed by atoms with Crippen LogP contribution in [0.4, 0.5) is 0 Å². The van der Waals surface area contributed by atoms with Crippen molar-refractivity contribution in [3.05, 3.63) is 0 Å². The Morgan fingerprint density at radius 1 is 1.10 bits per heavy atom. The molecule has 0 aliphatic heterocycles. The maximum Gasteiger partial charge on any atom is 0.105 e. The van der Waals surface area contributed by atoms with E-state index >= 15 is 0 Å². The van der Waals surface area contributed by atoms with Crippen molar-refractivity contribution in [1.29, 1.82) is 0 Å². The first-order chi connectivity index (χ1) is 4.81. The Hall–Kier alpha value is 0.177. The van der Waals surface area contributed by atoms with Crippen molar-refractivity contribution >= 4 is 8.96 Å². The quantitative estimate of drug-likeness (QED) is 0.467. The number of hydrogen-bond acceptors (Lipinski definition) is 1. The van der Waals surface area contributed by atoms with Crippen molar-refractivity contribution in [3.8, 4) is 0 Å². The molecule has 2 N–H and O–H groups in total. The van der Waals surface area contributed by atoms with Crippen molar-refractivity contribution < 1.29 is 0 Å². The highest BCUT2D eigenvalue weighted by molar-refractivity contribution is 6.54. The van der Waals surface area contributed by atoms with Crippen LogP contribution in [0.3, 0.4) is 0 Å². The van der Waals surface area contributed by atoms with Gasteiger partial charge in [-0.05, 0) is 6.04 Å². The zero-order valence-corrected chi connectivity index (χ0v) is 8.55. The molecular weight excluding hydrogens is 138 g/mol. The van der Waals surface area contributed by atoms with Crippen LogP contribution in [0.15, 0.2) is 0 Å². The zero-order valence-electron chi connectivity index (χ0n) is 7.40. The fraction of sp³-hybridized carbons (Fsp3) is 1.00. The highest BCUT2D eigenvalue weighted by Crippen LogP contribution is 2.05. The van der Waals surface area contributed by atoms with Gasteiger partial charge >= 0.3 is 0 Å². The van der Waals surface area contributed by atoms with Gasteiger partial charge in [0.25, 0.3) is 0 Å². The fourth-order valence-electron chi connectivity index (χ4n) is 1.04. The first-order valence-electron chi connectivity index (χ1n) is 4.56. The molecule has 2 heteroatoms. The summed E-state index contributed by atoms with van der Waals surface area (Å²) in [6, 6.07) is 2.63. The Balaban J connectivity index is 2.89. The normalized spacial score (nSPS) is 13.5. The predicted molar refractivity (Wildman–Crippen MR) is 50.8 cm³/mol. The van der Waals surface area contributed by atoms with Gasteiger partial charge < -0.3 is 5.40 Å². The summed E-state index contributed by atoms with van der Waals surface area (Å²) in [5.41, 5.74) is 0. The van der Waals surface area contributed by atoms with E-state index in [-0.39, 0.29) is 0 Å². The van der Waals surface area contributed by atoms with Gasteiger partial charge in [-0.15, -0.1) is 0 Å². The standard InChI is InChI=1S/C8H21NSi/c1-3-5-6-7-8-10(9)4-2/h10H,3-9H2,1-2H3. The summed E-state index contributed by atoms with van der Waals surface area (Å²) < 4.78 is 0. The topological polar surface area (TPSA) is 26.0 Å². The molecule has 1 nitrogen and oxygen atoms in total.